The van der Waals surface area contributed by atoms with Crippen molar-refractivity contribution < 1.29 is 12.8 Å². The minimum absolute atomic E-state index is 0.0599. The highest BCUT2D eigenvalue weighted by Crippen LogP contribution is 2.18. The van der Waals surface area contributed by atoms with E-state index in [-0.39, 0.29) is 18.1 Å². The molecule has 0 aliphatic heterocycles. The normalized spacial score (nSPS) is 11.7. The molecule has 0 atom stereocenters. The quantitative estimate of drug-likeness (QED) is 0.829. The van der Waals surface area contributed by atoms with E-state index in [1.165, 1.54) is 6.07 Å². The Morgan fingerprint density at radius 3 is 2.67 bits per heavy atom. The van der Waals surface area contributed by atoms with E-state index in [1.807, 2.05) is 0 Å². The molecule has 0 radical (unpaired) electrons. The summed E-state index contributed by atoms with van der Waals surface area (Å²) in [5.74, 6) is -0.882. The van der Waals surface area contributed by atoms with Gasteiger partial charge in [0.25, 0.3) is 0 Å². The molecular formula is C8H10ClFN2O2S. The van der Waals surface area contributed by atoms with Crippen molar-refractivity contribution in [2.45, 2.75) is 4.90 Å². The zero-order chi connectivity index (χ0) is 11.5. The lowest BCUT2D eigenvalue weighted by molar-refractivity contribution is 0.557. The molecular weight excluding hydrogens is 243 g/mol. The van der Waals surface area contributed by atoms with Gasteiger partial charge in [-0.15, -0.1) is 0 Å². The van der Waals surface area contributed by atoms with Crippen LogP contribution in [-0.4, -0.2) is 21.5 Å². The van der Waals surface area contributed by atoms with Crippen LogP contribution in [0.15, 0.2) is 23.1 Å². The number of sulfonamides is 1. The van der Waals surface area contributed by atoms with Crippen LogP contribution in [0, 0.1) is 5.82 Å². The maximum Gasteiger partial charge on any atom is 0.243 e. The maximum atomic E-state index is 13.2. The Morgan fingerprint density at radius 2 is 2.13 bits per heavy atom. The van der Waals surface area contributed by atoms with Gasteiger partial charge in [-0.05, 0) is 18.2 Å². The van der Waals surface area contributed by atoms with Crippen molar-refractivity contribution >= 4 is 21.6 Å². The molecule has 0 saturated heterocycles. The van der Waals surface area contributed by atoms with Gasteiger partial charge >= 0.3 is 0 Å². The summed E-state index contributed by atoms with van der Waals surface area (Å²) in [6.45, 7) is 0.207. The number of halogens is 2. The third-order valence-electron chi connectivity index (χ3n) is 1.62. The fourth-order valence-corrected chi connectivity index (χ4v) is 2.23. The molecule has 15 heavy (non-hydrogen) atoms. The number of nitrogens with one attached hydrogen (secondary N) is 1. The molecule has 0 aliphatic carbocycles. The van der Waals surface area contributed by atoms with Crippen molar-refractivity contribution in [1.29, 1.82) is 0 Å². The van der Waals surface area contributed by atoms with Crippen LogP contribution in [-0.2, 0) is 10.0 Å². The minimum Gasteiger partial charge on any atom is -0.329 e. The zero-order valence-electron chi connectivity index (χ0n) is 7.70. The van der Waals surface area contributed by atoms with E-state index in [1.54, 1.807) is 0 Å². The molecule has 0 amide bonds. The summed E-state index contributed by atoms with van der Waals surface area (Å²) in [4.78, 5) is -0.430. The zero-order valence-corrected chi connectivity index (χ0v) is 9.28. The minimum atomic E-state index is -3.83. The first kappa shape index (κ1) is 12.4. The van der Waals surface area contributed by atoms with Crippen LogP contribution >= 0.6 is 11.6 Å². The summed E-state index contributed by atoms with van der Waals surface area (Å²) in [7, 11) is -3.83. The fourth-order valence-electron chi connectivity index (χ4n) is 0.964. The molecule has 3 N–H and O–H groups in total. The molecule has 0 aliphatic rings. The van der Waals surface area contributed by atoms with Gasteiger partial charge in [0.15, 0.2) is 0 Å². The van der Waals surface area contributed by atoms with Gasteiger partial charge in [-0.1, -0.05) is 11.6 Å². The molecule has 0 spiro atoms. The Hall–Kier alpha value is -0.690. The summed E-state index contributed by atoms with van der Waals surface area (Å²) in [6, 6.07) is 3.36. The number of hydrogen-bond donors (Lipinski definition) is 2. The van der Waals surface area contributed by atoms with Crippen LogP contribution in [0.1, 0.15) is 0 Å². The van der Waals surface area contributed by atoms with Gasteiger partial charge < -0.3 is 5.73 Å². The van der Waals surface area contributed by atoms with Crippen molar-refractivity contribution in [3.8, 4) is 0 Å². The molecule has 7 heteroatoms. The van der Waals surface area contributed by atoms with Gasteiger partial charge in [-0.2, -0.15) is 0 Å². The largest absolute Gasteiger partial charge is 0.329 e. The lowest BCUT2D eigenvalue weighted by Crippen LogP contribution is -2.29. The van der Waals surface area contributed by atoms with Gasteiger partial charge in [0.1, 0.15) is 10.7 Å². The topological polar surface area (TPSA) is 72.2 Å². The van der Waals surface area contributed by atoms with Crippen molar-refractivity contribution in [3.63, 3.8) is 0 Å². The van der Waals surface area contributed by atoms with Crippen LogP contribution in [0.4, 0.5) is 4.39 Å². The second-order valence-corrected chi connectivity index (χ2v) is 4.93. The Labute approximate surface area is 92.3 Å². The van der Waals surface area contributed by atoms with E-state index in [0.29, 0.717) is 0 Å². The number of rotatable bonds is 4. The monoisotopic (exact) mass is 252 g/mol. The van der Waals surface area contributed by atoms with Crippen LogP contribution in [0.25, 0.3) is 0 Å². The average molecular weight is 253 g/mol. The van der Waals surface area contributed by atoms with Crippen LogP contribution in [0.3, 0.4) is 0 Å². The lowest BCUT2D eigenvalue weighted by atomic mass is 10.3. The third-order valence-corrected chi connectivity index (χ3v) is 3.35. The Morgan fingerprint density at radius 1 is 1.47 bits per heavy atom. The standard InChI is InChI=1S/C8H10ClFN2O2S/c9-6-1-2-8(7(10)5-6)15(13,14)12-4-3-11/h1-2,5,12H,3-4,11H2. The van der Waals surface area contributed by atoms with Gasteiger partial charge in [0.2, 0.25) is 10.0 Å². The summed E-state index contributed by atoms with van der Waals surface area (Å²) >= 11 is 5.50. The number of hydrogen-bond acceptors (Lipinski definition) is 3. The smallest absolute Gasteiger partial charge is 0.243 e. The lowest BCUT2D eigenvalue weighted by Gasteiger charge is -2.06. The summed E-state index contributed by atoms with van der Waals surface area (Å²) in [6.07, 6.45) is 0. The maximum absolute atomic E-state index is 13.2. The molecule has 0 unspecified atom stereocenters. The predicted molar refractivity (Wildman–Crippen MR) is 55.7 cm³/mol. The Balaban J connectivity index is 3.05. The van der Waals surface area contributed by atoms with E-state index in [0.717, 1.165) is 12.1 Å². The average Bonchev–Trinajstić information content (AvgIpc) is 2.14. The Bertz CT molecular complexity index is 450. The Kier molecular flexibility index (Phi) is 4.04. The molecule has 1 aromatic carbocycles. The number of nitrogens with two attached hydrogens (primary N) is 1. The first-order valence-corrected chi connectivity index (χ1v) is 5.98. The SMILES string of the molecule is NCCNS(=O)(=O)c1ccc(Cl)cc1F. The molecule has 0 bridgehead atoms. The second kappa shape index (κ2) is 4.89. The van der Waals surface area contributed by atoms with Gasteiger partial charge in [0, 0.05) is 18.1 Å². The fraction of sp³-hybridized carbons (Fsp3) is 0.250. The molecule has 84 valence electrons. The predicted octanol–water partition coefficient (Wildman–Crippen LogP) is 0.716. The summed E-state index contributed by atoms with van der Waals surface area (Å²) in [5.41, 5.74) is 5.13. The third kappa shape index (κ3) is 3.13. The molecule has 1 rings (SSSR count). The highest BCUT2D eigenvalue weighted by Gasteiger charge is 2.18. The molecule has 0 aromatic heterocycles. The van der Waals surface area contributed by atoms with Crippen LogP contribution in [0.2, 0.25) is 5.02 Å². The highest BCUT2D eigenvalue weighted by atomic mass is 35.5. The van der Waals surface area contributed by atoms with E-state index >= 15 is 0 Å². The van der Waals surface area contributed by atoms with Gasteiger partial charge in [-0.3, -0.25) is 0 Å². The van der Waals surface area contributed by atoms with E-state index in [9.17, 15) is 12.8 Å². The number of benzene rings is 1. The molecule has 0 heterocycles. The first-order chi connectivity index (χ1) is 6.97. The summed E-state index contributed by atoms with van der Waals surface area (Å²) in [5, 5.41) is 0.144. The van der Waals surface area contributed by atoms with E-state index in [4.69, 9.17) is 17.3 Å². The van der Waals surface area contributed by atoms with Crippen molar-refractivity contribution in [2.24, 2.45) is 5.73 Å². The second-order valence-electron chi connectivity index (χ2n) is 2.76. The van der Waals surface area contributed by atoms with E-state index in [2.05, 4.69) is 4.72 Å². The van der Waals surface area contributed by atoms with Crippen LogP contribution < -0.4 is 10.5 Å². The molecule has 4 nitrogen and oxygen atoms in total. The molecule has 1 aromatic rings. The summed E-state index contributed by atoms with van der Waals surface area (Å²) < 4.78 is 38.3. The van der Waals surface area contributed by atoms with E-state index < -0.39 is 20.7 Å². The van der Waals surface area contributed by atoms with Crippen molar-refractivity contribution in [3.05, 3.63) is 29.0 Å². The highest BCUT2D eigenvalue weighted by molar-refractivity contribution is 7.89. The molecule has 0 fully saturated rings. The first-order valence-electron chi connectivity index (χ1n) is 4.12. The molecule has 0 saturated carbocycles. The van der Waals surface area contributed by atoms with Crippen molar-refractivity contribution in [1.82, 2.24) is 4.72 Å². The van der Waals surface area contributed by atoms with Gasteiger partial charge in [0.05, 0.1) is 0 Å². The van der Waals surface area contributed by atoms with Gasteiger partial charge in [-0.25, -0.2) is 17.5 Å². The van der Waals surface area contributed by atoms with Crippen molar-refractivity contribution in [2.75, 3.05) is 13.1 Å². The van der Waals surface area contributed by atoms with Crippen LogP contribution in [0.5, 0.6) is 0 Å².